The van der Waals surface area contributed by atoms with E-state index in [4.69, 9.17) is 5.11 Å². The normalized spacial score (nSPS) is 10.7. The van der Waals surface area contributed by atoms with Crippen LogP contribution >= 0.6 is 0 Å². The van der Waals surface area contributed by atoms with Crippen molar-refractivity contribution in [2.24, 2.45) is 0 Å². The van der Waals surface area contributed by atoms with Crippen molar-refractivity contribution in [3.05, 3.63) is 88.0 Å². The fourth-order valence-electron chi connectivity index (χ4n) is 3.26. The lowest BCUT2D eigenvalue weighted by Crippen LogP contribution is -2.01. The van der Waals surface area contributed by atoms with Crippen LogP contribution < -0.4 is 0 Å². The highest BCUT2D eigenvalue weighted by molar-refractivity contribution is 5.97. The van der Waals surface area contributed by atoms with E-state index in [2.05, 4.69) is 0 Å². The molecule has 0 aliphatic rings. The molecule has 0 aliphatic carbocycles. The predicted molar refractivity (Wildman–Crippen MR) is 107 cm³/mol. The van der Waals surface area contributed by atoms with E-state index in [0.29, 0.717) is 22.3 Å². The molecular formula is C23H20O6. The summed E-state index contributed by atoms with van der Waals surface area (Å²) in [6.45, 7) is 1.37. The van der Waals surface area contributed by atoms with Crippen molar-refractivity contribution in [1.82, 2.24) is 0 Å². The minimum Gasteiger partial charge on any atom is -0.507 e. The molecule has 6 heteroatoms. The second-order valence-electron chi connectivity index (χ2n) is 6.77. The van der Waals surface area contributed by atoms with Gasteiger partial charge in [0.25, 0.3) is 0 Å². The largest absolute Gasteiger partial charge is 0.507 e. The molecule has 148 valence electrons. The van der Waals surface area contributed by atoms with E-state index >= 15 is 0 Å². The molecule has 0 atom stereocenters. The summed E-state index contributed by atoms with van der Waals surface area (Å²) in [6, 6.07) is 14.4. The molecule has 3 aromatic rings. The number of benzene rings is 3. The Labute approximate surface area is 167 Å². The molecule has 4 N–H and O–H groups in total. The number of hydrogen-bond acceptors (Lipinski definition) is 5. The number of para-hydroxylation sites is 3. The number of phenolic OH excluding ortho intramolecular Hbond substituents is 2. The van der Waals surface area contributed by atoms with Crippen molar-refractivity contribution in [2.45, 2.75) is 19.8 Å². The first-order valence-electron chi connectivity index (χ1n) is 8.95. The van der Waals surface area contributed by atoms with Gasteiger partial charge in [-0.3, -0.25) is 4.79 Å². The zero-order chi connectivity index (χ0) is 21.1. The predicted octanol–water partition coefficient (Wildman–Crippen LogP) is 3.89. The third-order valence-corrected chi connectivity index (χ3v) is 4.81. The number of Topliss-reactive ketones (excluding diaryl/α,β-unsaturated/α-hetero) is 1. The van der Waals surface area contributed by atoms with Gasteiger partial charge in [-0.1, -0.05) is 42.5 Å². The molecule has 0 fully saturated rings. The average molecular weight is 392 g/mol. The summed E-state index contributed by atoms with van der Waals surface area (Å²) in [6.07, 6.45) is 0.333. The number of carboxylic acid groups (broad SMARTS) is 1. The van der Waals surface area contributed by atoms with Crippen LogP contribution in [0.1, 0.15) is 49.9 Å². The van der Waals surface area contributed by atoms with Gasteiger partial charge >= 0.3 is 5.97 Å². The maximum atomic E-state index is 11.6. The molecule has 0 amide bonds. The molecule has 6 nitrogen and oxygen atoms in total. The van der Waals surface area contributed by atoms with Gasteiger partial charge in [-0.15, -0.1) is 0 Å². The Balaban J connectivity index is 1.94. The first-order chi connectivity index (χ1) is 13.8. The van der Waals surface area contributed by atoms with Crippen LogP contribution in [0.25, 0.3) is 0 Å². The first-order valence-corrected chi connectivity index (χ1v) is 8.95. The molecule has 3 aromatic carbocycles. The van der Waals surface area contributed by atoms with Crippen LogP contribution in [0.3, 0.4) is 0 Å². The van der Waals surface area contributed by atoms with Gasteiger partial charge in [-0.2, -0.15) is 0 Å². The van der Waals surface area contributed by atoms with Gasteiger partial charge in [0.15, 0.2) is 5.78 Å². The zero-order valence-corrected chi connectivity index (χ0v) is 15.7. The Morgan fingerprint density at radius 2 is 1.03 bits per heavy atom. The monoisotopic (exact) mass is 392 g/mol. The third kappa shape index (κ3) is 4.06. The fourth-order valence-corrected chi connectivity index (χ4v) is 3.26. The molecule has 0 radical (unpaired) electrons. The maximum Gasteiger partial charge on any atom is 0.339 e. The lowest BCUT2D eigenvalue weighted by molar-refractivity contribution is 0.0693. The topological polar surface area (TPSA) is 115 Å². The molecule has 29 heavy (non-hydrogen) atoms. The summed E-state index contributed by atoms with van der Waals surface area (Å²) >= 11 is 0. The van der Waals surface area contributed by atoms with Crippen LogP contribution in [-0.2, 0) is 12.8 Å². The van der Waals surface area contributed by atoms with Crippen molar-refractivity contribution >= 4 is 11.8 Å². The summed E-state index contributed by atoms with van der Waals surface area (Å²) in [4.78, 5) is 22.8. The van der Waals surface area contributed by atoms with Gasteiger partial charge < -0.3 is 20.4 Å². The highest BCUT2D eigenvalue weighted by atomic mass is 16.4. The van der Waals surface area contributed by atoms with Crippen molar-refractivity contribution in [1.29, 1.82) is 0 Å². The molecule has 0 saturated heterocycles. The zero-order valence-electron chi connectivity index (χ0n) is 15.7. The quantitative estimate of drug-likeness (QED) is 0.473. The minimum atomic E-state index is -1.23. The third-order valence-electron chi connectivity index (χ3n) is 4.81. The summed E-state index contributed by atoms with van der Waals surface area (Å²) in [5.41, 5.74) is 1.92. The number of carboxylic acids is 1. The van der Waals surface area contributed by atoms with Gasteiger partial charge in [-0.25, -0.2) is 4.79 Å². The van der Waals surface area contributed by atoms with E-state index in [-0.39, 0.29) is 47.0 Å². The van der Waals surface area contributed by atoms with Gasteiger partial charge in [0.1, 0.15) is 22.8 Å². The maximum absolute atomic E-state index is 11.6. The van der Waals surface area contributed by atoms with Gasteiger partial charge in [0, 0.05) is 12.8 Å². The number of aromatic hydroxyl groups is 3. The summed E-state index contributed by atoms with van der Waals surface area (Å²) in [5.74, 6) is -1.95. The van der Waals surface area contributed by atoms with Crippen LogP contribution in [0.2, 0.25) is 0 Å². The van der Waals surface area contributed by atoms with Gasteiger partial charge in [-0.05, 0) is 41.3 Å². The molecular weight excluding hydrogens is 372 g/mol. The van der Waals surface area contributed by atoms with Crippen LogP contribution in [-0.4, -0.2) is 32.2 Å². The summed E-state index contributed by atoms with van der Waals surface area (Å²) in [7, 11) is 0. The van der Waals surface area contributed by atoms with E-state index < -0.39 is 5.97 Å². The van der Waals surface area contributed by atoms with Crippen molar-refractivity contribution < 1.29 is 30.0 Å². The molecule has 0 saturated carbocycles. The minimum absolute atomic E-state index is 0.0137. The molecule has 3 rings (SSSR count). The number of aromatic carboxylic acids is 1. The molecule has 0 heterocycles. The second-order valence-corrected chi connectivity index (χ2v) is 6.77. The van der Waals surface area contributed by atoms with Gasteiger partial charge in [0.2, 0.25) is 0 Å². The Kier molecular flexibility index (Phi) is 5.54. The number of carbonyl (C=O) groups excluding carboxylic acids is 1. The number of rotatable bonds is 6. The lowest BCUT2D eigenvalue weighted by atomic mass is 9.95. The van der Waals surface area contributed by atoms with E-state index in [1.165, 1.54) is 25.1 Å². The van der Waals surface area contributed by atoms with Gasteiger partial charge in [0.05, 0.1) is 5.56 Å². The SMILES string of the molecule is CC(=O)c1cccc(Cc2cccc(Cc3cccc(C(=O)O)c3O)c2O)c1O. The summed E-state index contributed by atoms with van der Waals surface area (Å²) in [5, 5.41) is 40.4. The Morgan fingerprint density at radius 1 is 0.655 bits per heavy atom. The molecule has 0 spiro atoms. The number of phenols is 3. The highest BCUT2D eigenvalue weighted by Gasteiger charge is 2.17. The number of carbonyl (C=O) groups is 2. The van der Waals surface area contributed by atoms with E-state index in [9.17, 15) is 24.9 Å². The number of ketones is 1. The van der Waals surface area contributed by atoms with Crippen LogP contribution in [0, 0.1) is 0 Å². The van der Waals surface area contributed by atoms with E-state index in [1.54, 1.807) is 36.4 Å². The van der Waals surface area contributed by atoms with Crippen LogP contribution in [0.4, 0.5) is 0 Å². The van der Waals surface area contributed by atoms with Crippen molar-refractivity contribution in [2.75, 3.05) is 0 Å². The van der Waals surface area contributed by atoms with E-state index in [0.717, 1.165) is 0 Å². The standard InChI is InChI=1S/C23H20O6/c1-13(24)18-9-3-7-16(21(18)26)11-14-5-2-6-15(20(14)25)12-17-8-4-10-19(22(17)27)23(28)29/h2-10,25-27H,11-12H2,1H3,(H,28,29). The van der Waals surface area contributed by atoms with Crippen LogP contribution in [0.15, 0.2) is 54.6 Å². The average Bonchev–Trinajstić information content (AvgIpc) is 2.67. The Bertz CT molecular complexity index is 1020. The molecule has 0 aromatic heterocycles. The Hall–Kier alpha value is -3.80. The summed E-state index contributed by atoms with van der Waals surface area (Å²) < 4.78 is 0. The highest BCUT2D eigenvalue weighted by Crippen LogP contribution is 2.33. The van der Waals surface area contributed by atoms with E-state index in [1.807, 2.05) is 0 Å². The fraction of sp³-hybridized carbons (Fsp3) is 0.130. The van der Waals surface area contributed by atoms with Crippen LogP contribution in [0.5, 0.6) is 17.2 Å². The lowest BCUT2D eigenvalue weighted by Gasteiger charge is -2.13. The van der Waals surface area contributed by atoms with Crippen molar-refractivity contribution in [3.8, 4) is 17.2 Å². The second kappa shape index (κ2) is 8.06. The molecule has 0 unspecified atom stereocenters. The smallest absolute Gasteiger partial charge is 0.339 e. The number of hydrogen-bond donors (Lipinski definition) is 4. The molecule has 0 aliphatic heterocycles. The Morgan fingerprint density at radius 3 is 1.48 bits per heavy atom. The first kappa shape index (κ1) is 19.9. The van der Waals surface area contributed by atoms with Crippen molar-refractivity contribution in [3.63, 3.8) is 0 Å². The molecule has 0 bridgehead atoms.